The molecular weight excluding hydrogens is 242 g/mol. The molecule has 0 aliphatic rings. The van der Waals surface area contributed by atoms with Crippen molar-refractivity contribution in [1.29, 1.82) is 0 Å². The van der Waals surface area contributed by atoms with Crippen molar-refractivity contribution in [1.82, 2.24) is 0 Å². The fourth-order valence-electron chi connectivity index (χ4n) is 1.65. The van der Waals surface area contributed by atoms with E-state index in [9.17, 15) is 9.59 Å². The van der Waals surface area contributed by atoms with Crippen LogP contribution in [0.4, 0.5) is 5.69 Å². The minimum absolute atomic E-state index is 0.304. The first-order valence-electron chi connectivity index (χ1n) is 5.25. The number of hydrogen-bond donors (Lipinski definition) is 1. The summed E-state index contributed by atoms with van der Waals surface area (Å²) in [5.41, 5.74) is 0.538. The minimum atomic E-state index is -1.02. The van der Waals surface area contributed by atoms with Crippen LogP contribution in [0.5, 0.6) is 0 Å². The van der Waals surface area contributed by atoms with Gasteiger partial charge in [-0.3, -0.25) is 9.69 Å². The average Bonchev–Trinajstić information content (AvgIpc) is 2.26. The molecule has 1 aromatic rings. The zero-order valence-corrected chi connectivity index (χ0v) is 10.4. The highest BCUT2D eigenvalue weighted by molar-refractivity contribution is 6.30. The van der Waals surface area contributed by atoms with Crippen LogP contribution in [0.2, 0.25) is 5.02 Å². The molecule has 4 nitrogen and oxygen atoms in total. The molecule has 1 aromatic carbocycles. The molecule has 0 saturated heterocycles. The molecule has 0 radical (unpaired) electrons. The molecule has 1 unspecified atom stereocenters. The number of hydrogen-bond acceptors (Lipinski definition) is 2. The number of carbonyl (C=O) groups excluding carboxylic acids is 1. The standard InChI is InChI=1S/C12H14ClNO3/c1-3-11(12(16)17)14(8(2)15)10-6-4-9(13)5-7-10/h4-7,11H,3H2,1-2H3,(H,16,17). The summed E-state index contributed by atoms with van der Waals surface area (Å²) in [5.74, 6) is -1.32. The Bertz CT molecular complexity index is 416. The van der Waals surface area contributed by atoms with Gasteiger partial charge in [0.25, 0.3) is 0 Å². The van der Waals surface area contributed by atoms with Crippen molar-refractivity contribution in [3.63, 3.8) is 0 Å². The summed E-state index contributed by atoms with van der Waals surface area (Å²) in [6, 6.07) is 5.67. The van der Waals surface area contributed by atoms with Crippen LogP contribution in [0.15, 0.2) is 24.3 Å². The zero-order chi connectivity index (χ0) is 13.0. The molecule has 0 spiro atoms. The van der Waals surface area contributed by atoms with Gasteiger partial charge in [0.05, 0.1) is 0 Å². The first-order valence-corrected chi connectivity index (χ1v) is 5.63. The van der Waals surface area contributed by atoms with Crippen LogP contribution in [0.1, 0.15) is 20.3 Å². The van der Waals surface area contributed by atoms with Gasteiger partial charge in [-0.15, -0.1) is 0 Å². The summed E-state index contributed by atoms with van der Waals surface area (Å²) in [6.45, 7) is 3.07. The predicted molar refractivity (Wildman–Crippen MR) is 66.3 cm³/mol. The van der Waals surface area contributed by atoms with Crippen molar-refractivity contribution in [3.05, 3.63) is 29.3 Å². The van der Waals surface area contributed by atoms with Gasteiger partial charge in [0.15, 0.2) is 0 Å². The van der Waals surface area contributed by atoms with E-state index in [1.807, 2.05) is 0 Å². The lowest BCUT2D eigenvalue weighted by Crippen LogP contribution is -2.43. The summed E-state index contributed by atoms with van der Waals surface area (Å²) in [4.78, 5) is 23.9. The third kappa shape index (κ3) is 3.20. The zero-order valence-electron chi connectivity index (χ0n) is 9.68. The van der Waals surface area contributed by atoms with Gasteiger partial charge in [-0.1, -0.05) is 18.5 Å². The molecule has 1 atom stereocenters. The van der Waals surface area contributed by atoms with Gasteiger partial charge in [0.1, 0.15) is 6.04 Å². The van der Waals surface area contributed by atoms with Crippen LogP contribution >= 0.6 is 11.6 Å². The molecule has 0 aliphatic carbocycles. The molecule has 0 aromatic heterocycles. The Morgan fingerprint density at radius 2 is 1.88 bits per heavy atom. The smallest absolute Gasteiger partial charge is 0.326 e. The number of rotatable bonds is 4. The second-order valence-electron chi connectivity index (χ2n) is 3.63. The number of carboxylic acids is 1. The maximum absolute atomic E-state index is 11.6. The lowest BCUT2D eigenvalue weighted by atomic mass is 10.1. The molecule has 0 heterocycles. The van der Waals surface area contributed by atoms with E-state index in [0.29, 0.717) is 17.1 Å². The van der Waals surface area contributed by atoms with Gasteiger partial charge < -0.3 is 5.11 Å². The monoisotopic (exact) mass is 255 g/mol. The van der Waals surface area contributed by atoms with E-state index in [-0.39, 0.29) is 5.91 Å². The number of carboxylic acid groups (broad SMARTS) is 1. The molecule has 0 fully saturated rings. The third-order valence-corrected chi connectivity index (χ3v) is 2.68. The average molecular weight is 256 g/mol. The van der Waals surface area contributed by atoms with Crippen LogP contribution in [-0.4, -0.2) is 23.0 Å². The quantitative estimate of drug-likeness (QED) is 0.900. The number of amides is 1. The van der Waals surface area contributed by atoms with Gasteiger partial charge >= 0.3 is 5.97 Å². The number of benzene rings is 1. The van der Waals surface area contributed by atoms with Crippen LogP contribution in [0.25, 0.3) is 0 Å². The number of nitrogens with zero attached hydrogens (tertiary/aromatic N) is 1. The Labute approximate surface area is 105 Å². The molecule has 17 heavy (non-hydrogen) atoms. The van der Waals surface area contributed by atoms with Crippen LogP contribution < -0.4 is 4.90 Å². The van der Waals surface area contributed by atoms with E-state index in [2.05, 4.69) is 0 Å². The topological polar surface area (TPSA) is 57.6 Å². The van der Waals surface area contributed by atoms with E-state index < -0.39 is 12.0 Å². The second kappa shape index (κ2) is 5.68. The van der Waals surface area contributed by atoms with E-state index in [1.54, 1.807) is 31.2 Å². The van der Waals surface area contributed by atoms with Crippen LogP contribution in [0.3, 0.4) is 0 Å². The van der Waals surface area contributed by atoms with Crippen molar-refractivity contribution >= 4 is 29.2 Å². The first-order chi connectivity index (χ1) is 7.97. The lowest BCUT2D eigenvalue weighted by Gasteiger charge is -2.27. The highest BCUT2D eigenvalue weighted by atomic mass is 35.5. The van der Waals surface area contributed by atoms with E-state index in [4.69, 9.17) is 16.7 Å². The molecule has 1 rings (SSSR count). The molecule has 5 heteroatoms. The van der Waals surface area contributed by atoms with Gasteiger partial charge in [0.2, 0.25) is 5.91 Å². The van der Waals surface area contributed by atoms with E-state index in [0.717, 1.165) is 0 Å². The normalized spacial score (nSPS) is 11.9. The second-order valence-corrected chi connectivity index (χ2v) is 4.06. The maximum Gasteiger partial charge on any atom is 0.326 e. The van der Waals surface area contributed by atoms with Gasteiger partial charge in [-0.05, 0) is 30.7 Å². The number of halogens is 1. The van der Waals surface area contributed by atoms with Gasteiger partial charge in [-0.25, -0.2) is 4.79 Å². The Balaban J connectivity index is 3.12. The number of anilines is 1. The van der Waals surface area contributed by atoms with Crippen LogP contribution in [0, 0.1) is 0 Å². The molecule has 92 valence electrons. The van der Waals surface area contributed by atoms with Gasteiger partial charge in [-0.2, -0.15) is 0 Å². The maximum atomic E-state index is 11.6. The SMILES string of the molecule is CCC(C(=O)O)N(C(C)=O)c1ccc(Cl)cc1. The highest BCUT2D eigenvalue weighted by Crippen LogP contribution is 2.21. The minimum Gasteiger partial charge on any atom is -0.480 e. The van der Waals surface area contributed by atoms with Crippen molar-refractivity contribution in [2.75, 3.05) is 4.90 Å². The van der Waals surface area contributed by atoms with E-state index in [1.165, 1.54) is 11.8 Å². The molecule has 0 bridgehead atoms. The summed E-state index contributed by atoms with van der Waals surface area (Å²) >= 11 is 5.75. The molecular formula is C12H14ClNO3. The largest absolute Gasteiger partial charge is 0.480 e. The Morgan fingerprint density at radius 1 is 1.35 bits per heavy atom. The Morgan fingerprint density at radius 3 is 2.24 bits per heavy atom. The van der Waals surface area contributed by atoms with Crippen molar-refractivity contribution < 1.29 is 14.7 Å². The first kappa shape index (κ1) is 13.5. The number of carbonyl (C=O) groups is 2. The predicted octanol–water partition coefficient (Wildman–Crippen LogP) is 2.56. The summed E-state index contributed by atoms with van der Waals surface area (Å²) in [7, 11) is 0. The molecule has 0 aliphatic heterocycles. The van der Waals surface area contributed by atoms with Gasteiger partial charge in [0, 0.05) is 17.6 Å². The Hall–Kier alpha value is -1.55. The highest BCUT2D eigenvalue weighted by Gasteiger charge is 2.27. The van der Waals surface area contributed by atoms with Crippen molar-refractivity contribution in [2.45, 2.75) is 26.3 Å². The van der Waals surface area contributed by atoms with E-state index >= 15 is 0 Å². The molecule has 1 amide bonds. The summed E-state index contributed by atoms with van der Waals surface area (Å²) in [5, 5.41) is 9.63. The van der Waals surface area contributed by atoms with Crippen molar-refractivity contribution in [2.24, 2.45) is 0 Å². The lowest BCUT2D eigenvalue weighted by molar-refractivity contribution is -0.140. The van der Waals surface area contributed by atoms with Crippen molar-refractivity contribution in [3.8, 4) is 0 Å². The third-order valence-electron chi connectivity index (χ3n) is 2.43. The Kier molecular flexibility index (Phi) is 4.52. The summed E-state index contributed by atoms with van der Waals surface area (Å²) in [6.07, 6.45) is 0.345. The van der Waals surface area contributed by atoms with Crippen LogP contribution in [-0.2, 0) is 9.59 Å². The molecule has 1 N–H and O–H groups in total. The number of aliphatic carboxylic acids is 1. The molecule has 0 saturated carbocycles. The fraction of sp³-hybridized carbons (Fsp3) is 0.333. The fourth-order valence-corrected chi connectivity index (χ4v) is 1.78. The summed E-state index contributed by atoms with van der Waals surface area (Å²) < 4.78 is 0.